The summed E-state index contributed by atoms with van der Waals surface area (Å²) in [5.41, 5.74) is 4.70. The Kier molecular flexibility index (Phi) is 4.90. The minimum atomic E-state index is -0.777. The third-order valence-electron chi connectivity index (χ3n) is 2.45. The third-order valence-corrected chi connectivity index (χ3v) is 2.45. The highest BCUT2D eigenvalue weighted by atomic mass is 16.5. The molecule has 0 amide bonds. The fourth-order valence-corrected chi connectivity index (χ4v) is 1.13. The molecule has 2 unspecified atom stereocenters. The number of rotatable bonds is 3. The quantitative estimate of drug-likeness (QED) is 0.769. The van der Waals surface area contributed by atoms with E-state index in [2.05, 4.69) is 0 Å². The molecular formula is C13H25NO3. The second kappa shape index (κ2) is 5.17. The Morgan fingerprint density at radius 3 is 1.71 bits per heavy atom. The van der Waals surface area contributed by atoms with Crippen LogP contribution >= 0.6 is 0 Å². The summed E-state index contributed by atoms with van der Waals surface area (Å²) in [4.78, 5) is 23.6. The second-order valence-electron chi connectivity index (χ2n) is 6.50. The van der Waals surface area contributed by atoms with E-state index in [1.54, 1.807) is 48.5 Å². The van der Waals surface area contributed by atoms with Gasteiger partial charge in [-0.3, -0.25) is 9.59 Å². The summed E-state index contributed by atoms with van der Waals surface area (Å²) in [5, 5.41) is 0. The van der Waals surface area contributed by atoms with Gasteiger partial charge in [0.05, 0.1) is 5.41 Å². The zero-order valence-corrected chi connectivity index (χ0v) is 12.0. The van der Waals surface area contributed by atoms with Gasteiger partial charge >= 0.3 is 5.97 Å². The lowest BCUT2D eigenvalue weighted by atomic mass is 9.85. The highest BCUT2D eigenvalue weighted by Crippen LogP contribution is 2.21. The maximum absolute atomic E-state index is 11.9. The van der Waals surface area contributed by atoms with Crippen LogP contribution in [0.2, 0.25) is 0 Å². The monoisotopic (exact) mass is 243 g/mol. The number of carbonyl (C=O) groups is 2. The second-order valence-corrected chi connectivity index (χ2v) is 6.50. The van der Waals surface area contributed by atoms with Gasteiger partial charge in [-0.1, -0.05) is 20.8 Å². The molecule has 0 aliphatic carbocycles. The van der Waals surface area contributed by atoms with Gasteiger partial charge in [-0.15, -0.1) is 0 Å². The molecule has 0 spiro atoms. The largest absolute Gasteiger partial charge is 0.460 e. The number of carbonyl (C=O) groups excluding carboxylic acids is 2. The Labute approximate surface area is 104 Å². The van der Waals surface area contributed by atoms with Crippen molar-refractivity contribution in [1.82, 2.24) is 0 Å². The van der Waals surface area contributed by atoms with Crippen LogP contribution in [0.5, 0.6) is 0 Å². The molecule has 0 aliphatic rings. The first kappa shape index (κ1) is 16.1. The molecule has 4 nitrogen and oxygen atoms in total. The molecule has 0 aromatic carbocycles. The standard InChI is InChI=1S/C13H25NO3/c1-8(17-11(16)13(5,6)7)9(14)10(15)12(2,3)4/h8-9H,14H2,1-7H3. The van der Waals surface area contributed by atoms with Gasteiger partial charge in [0.2, 0.25) is 0 Å². The molecule has 0 bridgehead atoms. The number of esters is 1. The van der Waals surface area contributed by atoms with Gasteiger partial charge in [-0.05, 0) is 27.7 Å². The first-order valence-corrected chi connectivity index (χ1v) is 5.88. The Hall–Kier alpha value is -0.900. The summed E-state index contributed by atoms with van der Waals surface area (Å²) >= 11 is 0. The van der Waals surface area contributed by atoms with Gasteiger partial charge in [-0.25, -0.2) is 0 Å². The van der Waals surface area contributed by atoms with E-state index >= 15 is 0 Å². The van der Waals surface area contributed by atoms with E-state index in [4.69, 9.17) is 10.5 Å². The van der Waals surface area contributed by atoms with Crippen LogP contribution in [0.1, 0.15) is 48.5 Å². The molecule has 0 saturated carbocycles. The zero-order chi connectivity index (χ0) is 14.0. The molecule has 0 heterocycles. The van der Waals surface area contributed by atoms with Crippen molar-refractivity contribution in [3.05, 3.63) is 0 Å². The van der Waals surface area contributed by atoms with Gasteiger partial charge in [-0.2, -0.15) is 0 Å². The van der Waals surface area contributed by atoms with E-state index in [-0.39, 0.29) is 11.8 Å². The number of ketones is 1. The third kappa shape index (κ3) is 4.86. The van der Waals surface area contributed by atoms with Crippen LogP contribution in [0.25, 0.3) is 0 Å². The van der Waals surface area contributed by atoms with Crippen molar-refractivity contribution in [1.29, 1.82) is 0 Å². The lowest BCUT2D eigenvalue weighted by Crippen LogP contribution is -2.48. The maximum atomic E-state index is 11.9. The van der Waals surface area contributed by atoms with Crippen LogP contribution in [0.15, 0.2) is 0 Å². The molecule has 0 rings (SSSR count). The maximum Gasteiger partial charge on any atom is 0.311 e. The average Bonchev–Trinajstić information content (AvgIpc) is 2.12. The zero-order valence-electron chi connectivity index (χ0n) is 12.0. The van der Waals surface area contributed by atoms with Crippen molar-refractivity contribution >= 4 is 11.8 Å². The fourth-order valence-electron chi connectivity index (χ4n) is 1.13. The van der Waals surface area contributed by atoms with Crippen molar-refractivity contribution < 1.29 is 14.3 Å². The van der Waals surface area contributed by atoms with Gasteiger partial charge in [0.25, 0.3) is 0 Å². The van der Waals surface area contributed by atoms with Crippen molar-refractivity contribution in [2.24, 2.45) is 16.6 Å². The number of hydrogen-bond acceptors (Lipinski definition) is 4. The molecular weight excluding hydrogens is 218 g/mol. The fraction of sp³-hybridized carbons (Fsp3) is 0.846. The van der Waals surface area contributed by atoms with Crippen LogP contribution < -0.4 is 5.73 Å². The number of ether oxygens (including phenoxy) is 1. The molecule has 0 saturated heterocycles. The molecule has 4 heteroatoms. The molecule has 0 fully saturated rings. The van der Waals surface area contributed by atoms with E-state index in [0.29, 0.717) is 0 Å². The molecule has 0 aromatic heterocycles. The molecule has 2 N–H and O–H groups in total. The number of Topliss-reactive ketones (excluding diaryl/α,β-unsaturated/α-hetero) is 1. The van der Waals surface area contributed by atoms with E-state index in [1.165, 1.54) is 0 Å². The summed E-state index contributed by atoms with van der Waals surface area (Å²) in [7, 11) is 0. The van der Waals surface area contributed by atoms with Gasteiger partial charge in [0.1, 0.15) is 12.1 Å². The Morgan fingerprint density at radius 1 is 1.00 bits per heavy atom. The van der Waals surface area contributed by atoms with Crippen LogP contribution in [-0.2, 0) is 14.3 Å². The molecule has 2 atom stereocenters. The number of hydrogen-bond donors (Lipinski definition) is 1. The highest BCUT2D eigenvalue weighted by molar-refractivity contribution is 5.89. The van der Waals surface area contributed by atoms with Crippen molar-refractivity contribution in [3.63, 3.8) is 0 Å². The smallest absolute Gasteiger partial charge is 0.311 e. The predicted octanol–water partition coefficient (Wildman–Crippen LogP) is 1.91. The Bertz CT molecular complexity index is 297. The minimum Gasteiger partial charge on any atom is -0.460 e. The van der Waals surface area contributed by atoms with Crippen LogP contribution in [0, 0.1) is 10.8 Å². The SMILES string of the molecule is CC(OC(=O)C(C)(C)C)C(N)C(=O)C(C)(C)C. The van der Waals surface area contributed by atoms with Crippen LogP contribution in [0.3, 0.4) is 0 Å². The predicted molar refractivity (Wildman–Crippen MR) is 67.4 cm³/mol. The van der Waals surface area contributed by atoms with E-state index in [9.17, 15) is 9.59 Å². The van der Waals surface area contributed by atoms with Crippen molar-refractivity contribution in [3.8, 4) is 0 Å². The molecule has 0 aromatic rings. The van der Waals surface area contributed by atoms with Gasteiger partial charge in [0, 0.05) is 5.41 Å². The summed E-state index contributed by atoms with van der Waals surface area (Å²) in [5.74, 6) is -0.450. The minimum absolute atomic E-state index is 0.105. The molecule has 0 aliphatic heterocycles. The molecule has 17 heavy (non-hydrogen) atoms. The van der Waals surface area contributed by atoms with E-state index < -0.39 is 23.0 Å². The van der Waals surface area contributed by atoms with Crippen molar-refractivity contribution in [2.45, 2.75) is 60.6 Å². The van der Waals surface area contributed by atoms with Gasteiger partial charge in [0.15, 0.2) is 5.78 Å². The summed E-state index contributed by atoms with van der Waals surface area (Å²) in [6, 6.07) is -0.777. The normalized spacial score (nSPS) is 16.2. The Balaban J connectivity index is 4.59. The summed E-state index contributed by atoms with van der Waals surface area (Å²) < 4.78 is 5.21. The lowest BCUT2D eigenvalue weighted by molar-refractivity contribution is -0.160. The van der Waals surface area contributed by atoms with E-state index in [1.807, 2.05) is 0 Å². The average molecular weight is 243 g/mol. The molecule has 0 radical (unpaired) electrons. The first-order chi connectivity index (χ1) is 7.37. The first-order valence-electron chi connectivity index (χ1n) is 5.88. The van der Waals surface area contributed by atoms with Crippen LogP contribution in [0.4, 0.5) is 0 Å². The lowest BCUT2D eigenvalue weighted by Gasteiger charge is -2.28. The summed E-state index contributed by atoms with van der Waals surface area (Å²) in [6.45, 7) is 12.3. The highest BCUT2D eigenvalue weighted by Gasteiger charge is 2.34. The number of nitrogens with two attached hydrogens (primary N) is 1. The Morgan fingerprint density at radius 2 is 1.41 bits per heavy atom. The molecule has 100 valence electrons. The van der Waals surface area contributed by atoms with Crippen molar-refractivity contribution in [2.75, 3.05) is 0 Å². The topological polar surface area (TPSA) is 69.4 Å². The van der Waals surface area contributed by atoms with Crippen LogP contribution in [-0.4, -0.2) is 23.9 Å². The van der Waals surface area contributed by atoms with E-state index in [0.717, 1.165) is 0 Å². The van der Waals surface area contributed by atoms with Gasteiger partial charge < -0.3 is 10.5 Å². The summed E-state index contributed by atoms with van der Waals surface area (Å²) in [6.07, 6.45) is -0.603.